The van der Waals surface area contributed by atoms with Gasteiger partial charge in [-0.2, -0.15) is 4.31 Å². The third-order valence-corrected chi connectivity index (χ3v) is 9.27. The molecule has 6 nitrogen and oxygen atoms in total. The lowest BCUT2D eigenvalue weighted by Crippen LogP contribution is -2.38. The summed E-state index contributed by atoms with van der Waals surface area (Å²) in [5, 5.41) is -0.687. The van der Waals surface area contributed by atoms with Crippen molar-refractivity contribution in [2.24, 2.45) is 5.92 Å². The largest absolute Gasteiger partial charge is 0.305 e. The number of hydrogen-bond donors (Lipinski definition) is 0. The minimum atomic E-state index is -3.92. The topological polar surface area (TPSA) is 74.8 Å². The van der Waals surface area contributed by atoms with Gasteiger partial charge in [-0.3, -0.25) is 0 Å². The molecule has 1 aromatic carbocycles. The van der Waals surface area contributed by atoms with Gasteiger partial charge in [-0.1, -0.05) is 6.07 Å². The van der Waals surface area contributed by atoms with Crippen LogP contribution in [0.3, 0.4) is 0 Å². The molecule has 0 N–H and O–H groups in total. The standard InChI is InChI=1S/C15H21FN2O4S2/c1-10-4-5-11(16)6-14(10)24(21,22)18-7-12-13(17(2)3)9-23(19,20)15(12)8-18/h4-6,12-13,15H,7-9H2,1-3H3/t12-,13+,15-/m0/s1. The summed E-state index contributed by atoms with van der Waals surface area (Å²) in [6, 6.07) is 3.42. The third-order valence-electron chi connectivity index (χ3n) is 5.07. The smallest absolute Gasteiger partial charge is 0.243 e. The quantitative estimate of drug-likeness (QED) is 0.767. The fraction of sp³-hybridized carbons (Fsp3) is 0.600. The molecule has 3 atom stereocenters. The zero-order valence-corrected chi connectivity index (χ0v) is 15.4. The average molecular weight is 376 g/mol. The van der Waals surface area contributed by atoms with Crippen LogP contribution in [0.5, 0.6) is 0 Å². The number of fused-ring (bicyclic) bond motifs is 1. The molecule has 9 heteroatoms. The van der Waals surface area contributed by atoms with Crippen LogP contribution in [0.25, 0.3) is 0 Å². The Morgan fingerprint density at radius 3 is 2.54 bits per heavy atom. The van der Waals surface area contributed by atoms with Crippen molar-refractivity contribution in [3.8, 4) is 0 Å². The van der Waals surface area contributed by atoms with Crippen LogP contribution in [0.1, 0.15) is 5.56 Å². The maximum absolute atomic E-state index is 13.5. The molecule has 24 heavy (non-hydrogen) atoms. The minimum Gasteiger partial charge on any atom is -0.305 e. The molecule has 0 aromatic heterocycles. The van der Waals surface area contributed by atoms with Gasteiger partial charge in [-0.05, 0) is 38.7 Å². The zero-order valence-electron chi connectivity index (χ0n) is 13.8. The highest BCUT2D eigenvalue weighted by molar-refractivity contribution is 7.92. The van der Waals surface area contributed by atoms with Gasteiger partial charge in [0, 0.05) is 25.0 Å². The summed E-state index contributed by atoms with van der Waals surface area (Å²) in [4.78, 5) is 1.74. The van der Waals surface area contributed by atoms with Gasteiger partial charge >= 0.3 is 0 Å². The van der Waals surface area contributed by atoms with Crippen molar-refractivity contribution in [2.75, 3.05) is 32.9 Å². The molecule has 0 bridgehead atoms. The van der Waals surface area contributed by atoms with E-state index >= 15 is 0 Å². The van der Waals surface area contributed by atoms with Gasteiger partial charge in [0.15, 0.2) is 9.84 Å². The highest BCUT2D eigenvalue weighted by atomic mass is 32.2. The molecule has 0 unspecified atom stereocenters. The fourth-order valence-corrected chi connectivity index (χ4v) is 8.03. The summed E-state index contributed by atoms with van der Waals surface area (Å²) >= 11 is 0. The van der Waals surface area contributed by atoms with E-state index in [-0.39, 0.29) is 35.7 Å². The van der Waals surface area contributed by atoms with E-state index in [0.717, 1.165) is 6.07 Å². The molecule has 0 saturated carbocycles. The number of halogens is 1. The van der Waals surface area contributed by atoms with Crippen molar-refractivity contribution in [1.29, 1.82) is 0 Å². The molecule has 0 aliphatic carbocycles. The molecule has 2 aliphatic heterocycles. The summed E-state index contributed by atoms with van der Waals surface area (Å²) in [7, 11) is -3.65. The first-order valence-corrected chi connectivity index (χ1v) is 10.8. The molecular formula is C15H21FN2O4S2. The fourth-order valence-electron chi connectivity index (χ4n) is 3.72. The van der Waals surface area contributed by atoms with Crippen LogP contribution in [0.15, 0.2) is 23.1 Å². The number of aryl methyl sites for hydroxylation is 1. The van der Waals surface area contributed by atoms with Crippen LogP contribution in [-0.2, 0) is 19.9 Å². The number of benzene rings is 1. The van der Waals surface area contributed by atoms with Crippen LogP contribution < -0.4 is 0 Å². The van der Waals surface area contributed by atoms with Gasteiger partial charge in [0.2, 0.25) is 10.0 Å². The molecule has 2 aliphatic rings. The Morgan fingerprint density at radius 1 is 1.25 bits per heavy atom. The first-order valence-electron chi connectivity index (χ1n) is 7.68. The first kappa shape index (κ1) is 17.8. The lowest BCUT2D eigenvalue weighted by molar-refractivity contribution is 0.249. The van der Waals surface area contributed by atoms with Crippen LogP contribution in [0, 0.1) is 18.7 Å². The van der Waals surface area contributed by atoms with Crippen molar-refractivity contribution in [3.05, 3.63) is 29.6 Å². The molecule has 2 saturated heterocycles. The normalized spacial score (nSPS) is 30.0. The van der Waals surface area contributed by atoms with Gasteiger partial charge in [-0.25, -0.2) is 21.2 Å². The molecule has 134 valence electrons. The van der Waals surface area contributed by atoms with E-state index in [0.29, 0.717) is 5.56 Å². The summed E-state index contributed by atoms with van der Waals surface area (Å²) in [6.07, 6.45) is 0. The molecule has 0 amide bonds. The average Bonchev–Trinajstić information content (AvgIpc) is 3.02. The minimum absolute atomic E-state index is 0.0578. The second-order valence-corrected chi connectivity index (χ2v) is 11.0. The van der Waals surface area contributed by atoms with Crippen molar-refractivity contribution in [2.45, 2.75) is 23.1 Å². The Kier molecular flexibility index (Phi) is 4.26. The number of sulfone groups is 1. The Balaban J connectivity index is 1.97. The Bertz CT molecular complexity index is 867. The van der Waals surface area contributed by atoms with Gasteiger partial charge in [0.25, 0.3) is 0 Å². The van der Waals surface area contributed by atoms with E-state index in [2.05, 4.69) is 0 Å². The number of hydrogen-bond acceptors (Lipinski definition) is 5. The predicted octanol–water partition coefficient (Wildman–Crippen LogP) is 0.482. The molecule has 0 spiro atoms. The lowest BCUT2D eigenvalue weighted by Gasteiger charge is -2.25. The first-order chi connectivity index (χ1) is 11.0. The van der Waals surface area contributed by atoms with Gasteiger partial charge in [0.1, 0.15) is 5.82 Å². The molecule has 2 heterocycles. The summed E-state index contributed by atoms with van der Waals surface area (Å²) in [5.74, 6) is -0.826. The van der Waals surface area contributed by atoms with E-state index in [9.17, 15) is 21.2 Å². The second kappa shape index (κ2) is 5.76. The van der Waals surface area contributed by atoms with Crippen LogP contribution in [-0.4, -0.2) is 70.3 Å². The number of sulfonamides is 1. The van der Waals surface area contributed by atoms with E-state index in [4.69, 9.17) is 0 Å². The van der Waals surface area contributed by atoms with Crippen molar-refractivity contribution < 1.29 is 21.2 Å². The van der Waals surface area contributed by atoms with Gasteiger partial charge in [-0.15, -0.1) is 0 Å². The van der Waals surface area contributed by atoms with Crippen LogP contribution in [0.2, 0.25) is 0 Å². The predicted molar refractivity (Wildman–Crippen MR) is 88.4 cm³/mol. The molecule has 0 radical (unpaired) electrons. The highest BCUT2D eigenvalue weighted by Gasteiger charge is 2.55. The molecular weight excluding hydrogens is 355 g/mol. The van der Waals surface area contributed by atoms with Gasteiger partial charge < -0.3 is 4.90 Å². The second-order valence-electron chi connectivity index (χ2n) is 6.79. The number of nitrogens with zero attached hydrogens (tertiary/aromatic N) is 2. The SMILES string of the molecule is Cc1ccc(F)cc1S(=O)(=O)N1C[C@H]2[C@H](N(C)C)CS(=O)(=O)[C@H]2C1. The van der Waals surface area contributed by atoms with Crippen molar-refractivity contribution in [1.82, 2.24) is 9.21 Å². The summed E-state index contributed by atoms with van der Waals surface area (Å²) in [5.41, 5.74) is 0.445. The molecule has 3 rings (SSSR count). The third kappa shape index (κ3) is 2.77. The van der Waals surface area contributed by atoms with Crippen molar-refractivity contribution in [3.63, 3.8) is 0 Å². The monoisotopic (exact) mass is 376 g/mol. The van der Waals surface area contributed by atoms with E-state index in [1.54, 1.807) is 21.0 Å². The molecule has 2 fully saturated rings. The summed E-state index contributed by atoms with van der Waals surface area (Å²) in [6.45, 7) is 1.68. The highest BCUT2D eigenvalue weighted by Crippen LogP contribution is 2.38. The van der Waals surface area contributed by atoms with Crippen LogP contribution >= 0.6 is 0 Å². The maximum Gasteiger partial charge on any atom is 0.243 e. The summed E-state index contributed by atoms with van der Waals surface area (Å²) < 4.78 is 65.2. The van der Waals surface area contributed by atoms with E-state index < -0.39 is 30.9 Å². The maximum atomic E-state index is 13.5. The lowest BCUT2D eigenvalue weighted by atomic mass is 10.00. The van der Waals surface area contributed by atoms with Crippen LogP contribution in [0.4, 0.5) is 4.39 Å². The van der Waals surface area contributed by atoms with E-state index in [1.807, 2.05) is 4.90 Å². The zero-order chi connectivity index (χ0) is 17.9. The van der Waals surface area contributed by atoms with Crippen molar-refractivity contribution >= 4 is 19.9 Å². The van der Waals surface area contributed by atoms with E-state index in [1.165, 1.54) is 16.4 Å². The molecule has 1 aromatic rings. The Labute approximate surface area is 142 Å². The number of rotatable bonds is 3. The Morgan fingerprint density at radius 2 is 1.92 bits per heavy atom. The Hall–Kier alpha value is -1.03. The van der Waals surface area contributed by atoms with Gasteiger partial charge in [0.05, 0.1) is 15.9 Å².